The number of urea groups is 1. The first-order valence-electron chi connectivity index (χ1n) is 9.20. The molecular formula is C20H23N5O3. The fraction of sp³-hybridized carbons (Fsp3) is 0.350. The molecule has 28 heavy (non-hydrogen) atoms. The normalized spacial score (nSPS) is 24.5. The van der Waals surface area contributed by atoms with E-state index in [0.717, 1.165) is 11.4 Å². The summed E-state index contributed by atoms with van der Waals surface area (Å²) in [5.74, 6) is 0.406. The molecular weight excluding hydrogens is 358 g/mol. The number of benzene rings is 1. The molecule has 3 aliphatic heterocycles. The lowest BCUT2D eigenvalue weighted by molar-refractivity contribution is -0.136. The van der Waals surface area contributed by atoms with Crippen LogP contribution < -0.4 is 4.90 Å². The van der Waals surface area contributed by atoms with Crippen LogP contribution in [-0.2, 0) is 4.79 Å². The molecule has 3 heterocycles. The van der Waals surface area contributed by atoms with Gasteiger partial charge in [0.05, 0.1) is 5.69 Å². The standard InChI is InChI=1S/C20H23N5O3/c1-5-6-11-23-18(27)16-17(22(4)20(23)28)21-19-24(12(2)13(3)25(16)19)14-9-7-8-10-15(14)26/h5-10,16-17,26H,11H2,1-4H3/b6-5+. The van der Waals surface area contributed by atoms with Crippen LogP contribution in [0.25, 0.3) is 0 Å². The molecule has 3 aliphatic rings. The molecule has 2 atom stereocenters. The lowest BCUT2D eigenvalue weighted by Crippen LogP contribution is -2.64. The first kappa shape index (κ1) is 18.1. The topological polar surface area (TPSA) is 79.7 Å². The Morgan fingerprint density at radius 3 is 2.57 bits per heavy atom. The number of carbonyl (C=O) groups excluding carboxylic acids is 2. The van der Waals surface area contributed by atoms with Crippen molar-refractivity contribution in [3.8, 4) is 5.75 Å². The quantitative estimate of drug-likeness (QED) is 0.813. The summed E-state index contributed by atoms with van der Waals surface area (Å²) in [4.78, 5) is 37.1. The highest BCUT2D eigenvalue weighted by Crippen LogP contribution is 2.42. The van der Waals surface area contributed by atoms with E-state index in [1.807, 2.05) is 42.7 Å². The number of carbonyl (C=O) groups is 2. The van der Waals surface area contributed by atoms with E-state index in [0.29, 0.717) is 11.6 Å². The molecule has 1 aromatic carbocycles. The van der Waals surface area contributed by atoms with E-state index in [4.69, 9.17) is 4.99 Å². The maximum atomic E-state index is 13.2. The minimum absolute atomic E-state index is 0.125. The molecule has 0 aromatic heterocycles. The Hall–Kier alpha value is -3.29. The largest absolute Gasteiger partial charge is 0.506 e. The zero-order valence-corrected chi connectivity index (χ0v) is 16.3. The third kappa shape index (κ3) is 2.33. The lowest BCUT2D eigenvalue weighted by Gasteiger charge is -2.40. The molecule has 146 valence electrons. The number of aliphatic imine (C=N–C) groups is 1. The molecule has 1 saturated heterocycles. The molecule has 2 unspecified atom stereocenters. The Kier molecular flexibility index (Phi) is 4.14. The highest BCUT2D eigenvalue weighted by atomic mass is 16.3. The number of fused-ring (bicyclic) bond motifs is 3. The molecule has 0 aliphatic carbocycles. The monoisotopic (exact) mass is 381 g/mol. The summed E-state index contributed by atoms with van der Waals surface area (Å²) >= 11 is 0. The van der Waals surface area contributed by atoms with Gasteiger partial charge in [-0.2, -0.15) is 0 Å². The fourth-order valence-corrected chi connectivity index (χ4v) is 3.93. The van der Waals surface area contributed by atoms with E-state index in [2.05, 4.69) is 0 Å². The van der Waals surface area contributed by atoms with Crippen molar-refractivity contribution in [1.29, 1.82) is 0 Å². The van der Waals surface area contributed by atoms with Crippen LogP contribution in [0.4, 0.5) is 10.5 Å². The highest BCUT2D eigenvalue weighted by molar-refractivity contribution is 6.11. The molecule has 8 nitrogen and oxygen atoms in total. The summed E-state index contributed by atoms with van der Waals surface area (Å²) < 4.78 is 0. The number of para-hydroxylation sites is 2. The Morgan fingerprint density at radius 2 is 1.89 bits per heavy atom. The number of guanidine groups is 1. The molecule has 4 rings (SSSR count). The summed E-state index contributed by atoms with van der Waals surface area (Å²) in [5.41, 5.74) is 2.34. The minimum atomic E-state index is -0.617. The Labute approximate surface area is 163 Å². The predicted octanol–water partition coefficient (Wildman–Crippen LogP) is 2.30. The van der Waals surface area contributed by atoms with Crippen LogP contribution in [0.15, 0.2) is 52.8 Å². The molecule has 8 heteroatoms. The fourth-order valence-electron chi connectivity index (χ4n) is 3.93. The van der Waals surface area contributed by atoms with Gasteiger partial charge < -0.3 is 10.0 Å². The summed E-state index contributed by atoms with van der Waals surface area (Å²) in [7, 11) is 1.66. The molecule has 1 aromatic rings. The number of hydrogen-bond acceptors (Lipinski definition) is 6. The summed E-state index contributed by atoms with van der Waals surface area (Å²) in [6.07, 6.45) is 2.99. The number of hydrogen-bond donors (Lipinski definition) is 1. The third-order valence-corrected chi connectivity index (χ3v) is 5.54. The average Bonchev–Trinajstić information content (AvgIpc) is 3.17. The van der Waals surface area contributed by atoms with Gasteiger partial charge in [-0.3, -0.25) is 19.5 Å². The van der Waals surface area contributed by atoms with Crippen LogP contribution in [0.1, 0.15) is 20.8 Å². The number of likely N-dealkylation sites (N-methyl/N-ethyl adjacent to an activating group) is 1. The maximum Gasteiger partial charge on any atom is 0.328 e. The number of allylic oxidation sites excluding steroid dienone is 3. The molecule has 1 N–H and O–H groups in total. The minimum Gasteiger partial charge on any atom is -0.506 e. The SMILES string of the molecule is C/C=C/CN1C(=O)C2C(N=C3N(c4ccccc4O)C(C)=C(C)N32)N(C)C1=O. The van der Waals surface area contributed by atoms with Crippen molar-refractivity contribution in [2.45, 2.75) is 33.0 Å². The van der Waals surface area contributed by atoms with Gasteiger partial charge in [-0.15, -0.1) is 0 Å². The van der Waals surface area contributed by atoms with E-state index in [-0.39, 0.29) is 24.2 Å². The molecule has 0 spiro atoms. The number of amides is 3. The number of phenolic OH excluding ortho intramolecular Hbond substituents is 1. The van der Waals surface area contributed by atoms with Crippen LogP contribution in [0.3, 0.4) is 0 Å². The van der Waals surface area contributed by atoms with Crippen molar-refractivity contribution in [3.05, 3.63) is 47.8 Å². The van der Waals surface area contributed by atoms with Gasteiger partial charge in [-0.05, 0) is 32.9 Å². The number of anilines is 1. The molecule has 0 bridgehead atoms. The van der Waals surface area contributed by atoms with E-state index >= 15 is 0 Å². The zero-order chi connectivity index (χ0) is 20.2. The molecule has 3 amide bonds. The van der Waals surface area contributed by atoms with Crippen LogP contribution >= 0.6 is 0 Å². The van der Waals surface area contributed by atoms with E-state index in [1.165, 1.54) is 9.80 Å². The molecule has 0 saturated carbocycles. The van der Waals surface area contributed by atoms with Gasteiger partial charge in [0.25, 0.3) is 5.91 Å². The van der Waals surface area contributed by atoms with Gasteiger partial charge in [0.15, 0.2) is 12.2 Å². The Morgan fingerprint density at radius 1 is 1.18 bits per heavy atom. The van der Waals surface area contributed by atoms with Crippen molar-refractivity contribution < 1.29 is 14.7 Å². The van der Waals surface area contributed by atoms with Gasteiger partial charge in [-0.25, -0.2) is 9.79 Å². The molecule has 0 radical (unpaired) electrons. The van der Waals surface area contributed by atoms with E-state index in [1.54, 1.807) is 31.3 Å². The number of aromatic hydroxyl groups is 1. The van der Waals surface area contributed by atoms with Crippen molar-refractivity contribution in [2.75, 3.05) is 18.5 Å². The zero-order valence-electron chi connectivity index (χ0n) is 16.3. The van der Waals surface area contributed by atoms with Gasteiger partial charge in [0, 0.05) is 25.0 Å². The number of nitrogens with zero attached hydrogens (tertiary/aromatic N) is 5. The van der Waals surface area contributed by atoms with Crippen LogP contribution in [0.5, 0.6) is 5.75 Å². The van der Waals surface area contributed by atoms with Crippen molar-refractivity contribution in [1.82, 2.24) is 14.7 Å². The number of phenols is 1. The Bertz CT molecular complexity index is 951. The van der Waals surface area contributed by atoms with Crippen molar-refractivity contribution in [3.63, 3.8) is 0 Å². The maximum absolute atomic E-state index is 13.2. The Balaban J connectivity index is 1.78. The third-order valence-electron chi connectivity index (χ3n) is 5.54. The van der Waals surface area contributed by atoms with Gasteiger partial charge in [0.2, 0.25) is 5.96 Å². The summed E-state index contributed by atoms with van der Waals surface area (Å²) in [6, 6.07) is 6.03. The summed E-state index contributed by atoms with van der Waals surface area (Å²) in [5, 5.41) is 10.4. The van der Waals surface area contributed by atoms with Crippen molar-refractivity contribution in [2.24, 2.45) is 4.99 Å². The second kappa shape index (κ2) is 6.40. The average molecular weight is 381 g/mol. The van der Waals surface area contributed by atoms with Gasteiger partial charge in [-0.1, -0.05) is 24.3 Å². The van der Waals surface area contributed by atoms with Crippen LogP contribution in [0.2, 0.25) is 0 Å². The summed E-state index contributed by atoms with van der Waals surface area (Å²) in [6.45, 7) is 5.93. The van der Waals surface area contributed by atoms with Crippen LogP contribution in [0, 0.1) is 0 Å². The number of rotatable bonds is 3. The van der Waals surface area contributed by atoms with Crippen LogP contribution in [-0.4, -0.2) is 63.5 Å². The van der Waals surface area contributed by atoms with Crippen molar-refractivity contribution >= 4 is 23.6 Å². The smallest absolute Gasteiger partial charge is 0.328 e. The first-order chi connectivity index (χ1) is 13.4. The predicted molar refractivity (Wildman–Crippen MR) is 105 cm³/mol. The highest BCUT2D eigenvalue weighted by Gasteiger charge is 2.55. The second-order valence-corrected chi connectivity index (χ2v) is 7.06. The lowest BCUT2D eigenvalue weighted by atomic mass is 10.1. The molecule has 1 fully saturated rings. The van der Waals surface area contributed by atoms with Gasteiger partial charge in [0.1, 0.15) is 5.75 Å². The second-order valence-electron chi connectivity index (χ2n) is 7.06. The van der Waals surface area contributed by atoms with E-state index in [9.17, 15) is 14.7 Å². The van der Waals surface area contributed by atoms with E-state index < -0.39 is 12.2 Å². The number of imide groups is 1. The first-order valence-corrected chi connectivity index (χ1v) is 9.20. The van der Waals surface area contributed by atoms with Gasteiger partial charge >= 0.3 is 6.03 Å².